The molecule has 2 fully saturated rings. The Kier molecular flexibility index (Phi) is 5.11. The molecule has 0 bridgehead atoms. The van der Waals surface area contributed by atoms with Gasteiger partial charge in [-0.2, -0.15) is 0 Å². The first-order chi connectivity index (χ1) is 10.7. The number of carbonyl (C=O) groups is 1. The molecule has 3 rings (SSSR count). The standard InChI is InChI=1S/C18H29N3O/c1-16-13-19-9-12-21(16)18(7-5-17(14-22)6-8-18)15-20-10-3-2-4-11-20/h5-8,14,16-17,19H,2-4,9-13,15H2,1H3. The molecular weight excluding hydrogens is 274 g/mol. The van der Waals surface area contributed by atoms with E-state index in [1.54, 1.807) is 0 Å². The van der Waals surface area contributed by atoms with Crippen LogP contribution in [0.25, 0.3) is 0 Å². The third-order valence-corrected chi connectivity index (χ3v) is 5.33. The van der Waals surface area contributed by atoms with Gasteiger partial charge >= 0.3 is 0 Å². The normalized spacial score (nSPS) is 37.3. The monoisotopic (exact) mass is 303 g/mol. The largest absolute Gasteiger partial charge is 0.314 e. The van der Waals surface area contributed by atoms with Gasteiger partial charge < -0.3 is 15.0 Å². The first-order valence-electron chi connectivity index (χ1n) is 8.77. The lowest BCUT2D eigenvalue weighted by Gasteiger charge is -2.49. The molecule has 2 aliphatic heterocycles. The van der Waals surface area contributed by atoms with E-state index in [1.807, 2.05) is 0 Å². The zero-order valence-electron chi connectivity index (χ0n) is 13.7. The smallest absolute Gasteiger partial charge is 0.130 e. The Labute approximate surface area is 134 Å². The van der Waals surface area contributed by atoms with Crippen molar-refractivity contribution in [3.8, 4) is 0 Å². The zero-order valence-corrected chi connectivity index (χ0v) is 13.7. The third kappa shape index (κ3) is 3.34. The number of allylic oxidation sites excluding steroid dienone is 2. The number of rotatable bonds is 4. The second-order valence-electron chi connectivity index (χ2n) is 7.01. The van der Waals surface area contributed by atoms with Gasteiger partial charge in [0, 0.05) is 32.2 Å². The van der Waals surface area contributed by atoms with E-state index in [4.69, 9.17) is 0 Å². The summed E-state index contributed by atoms with van der Waals surface area (Å²) in [6, 6.07) is 0.514. The fourth-order valence-electron chi connectivity index (χ4n) is 4.09. The summed E-state index contributed by atoms with van der Waals surface area (Å²) < 4.78 is 0. The van der Waals surface area contributed by atoms with Crippen LogP contribution in [0, 0.1) is 5.92 Å². The number of hydrogen-bond acceptors (Lipinski definition) is 4. The van der Waals surface area contributed by atoms with E-state index < -0.39 is 0 Å². The predicted octanol–water partition coefficient (Wildman–Crippen LogP) is 1.45. The minimum atomic E-state index is -0.0484. The predicted molar refractivity (Wildman–Crippen MR) is 89.9 cm³/mol. The van der Waals surface area contributed by atoms with Crippen LogP contribution >= 0.6 is 0 Å². The molecule has 4 nitrogen and oxygen atoms in total. The first-order valence-corrected chi connectivity index (χ1v) is 8.77. The van der Waals surface area contributed by atoms with Crippen molar-refractivity contribution in [2.45, 2.75) is 37.8 Å². The molecule has 22 heavy (non-hydrogen) atoms. The summed E-state index contributed by atoms with van der Waals surface area (Å²) in [5.41, 5.74) is -0.0433. The molecule has 0 spiro atoms. The van der Waals surface area contributed by atoms with Crippen LogP contribution in [0.2, 0.25) is 0 Å². The maximum Gasteiger partial charge on any atom is 0.130 e. The number of likely N-dealkylation sites (tertiary alicyclic amines) is 1. The average molecular weight is 303 g/mol. The molecule has 0 aromatic rings. The van der Waals surface area contributed by atoms with Gasteiger partial charge in [-0.1, -0.05) is 30.7 Å². The Hall–Kier alpha value is -0.970. The van der Waals surface area contributed by atoms with Crippen molar-refractivity contribution >= 4 is 6.29 Å². The third-order valence-electron chi connectivity index (χ3n) is 5.33. The van der Waals surface area contributed by atoms with E-state index in [-0.39, 0.29) is 11.5 Å². The van der Waals surface area contributed by atoms with Gasteiger partial charge in [-0.05, 0) is 32.9 Å². The highest BCUT2D eigenvalue weighted by molar-refractivity contribution is 5.61. The number of piperidine rings is 1. The van der Waals surface area contributed by atoms with Crippen LogP contribution < -0.4 is 5.32 Å². The minimum Gasteiger partial charge on any atom is -0.314 e. The van der Waals surface area contributed by atoms with Crippen molar-refractivity contribution in [2.75, 3.05) is 39.3 Å². The number of nitrogens with one attached hydrogen (secondary N) is 1. The second-order valence-corrected chi connectivity index (χ2v) is 7.01. The van der Waals surface area contributed by atoms with Crippen LogP contribution in [-0.4, -0.2) is 66.9 Å². The maximum absolute atomic E-state index is 11.1. The molecule has 0 aromatic heterocycles. The van der Waals surface area contributed by atoms with Crippen LogP contribution in [0.1, 0.15) is 26.2 Å². The summed E-state index contributed by atoms with van der Waals surface area (Å²) in [5, 5.41) is 3.48. The molecule has 1 aliphatic carbocycles. The van der Waals surface area contributed by atoms with Gasteiger partial charge in [0.1, 0.15) is 6.29 Å². The van der Waals surface area contributed by atoms with Crippen molar-refractivity contribution in [3.63, 3.8) is 0 Å². The number of aldehydes is 1. The van der Waals surface area contributed by atoms with Gasteiger partial charge in [-0.25, -0.2) is 0 Å². The number of hydrogen-bond donors (Lipinski definition) is 1. The molecule has 2 saturated heterocycles. The number of piperazine rings is 1. The Balaban J connectivity index is 1.81. The van der Waals surface area contributed by atoms with E-state index in [0.717, 1.165) is 32.5 Å². The first kappa shape index (κ1) is 15.9. The van der Waals surface area contributed by atoms with Crippen LogP contribution in [0.4, 0.5) is 0 Å². The molecule has 1 atom stereocenters. The Bertz CT molecular complexity index is 426. The van der Waals surface area contributed by atoms with Crippen molar-refractivity contribution in [2.24, 2.45) is 5.92 Å². The van der Waals surface area contributed by atoms with Gasteiger partial charge in [0.15, 0.2) is 0 Å². The van der Waals surface area contributed by atoms with Crippen LogP contribution in [0.15, 0.2) is 24.3 Å². The van der Waals surface area contributed by atoms with Gasteiger partial charge in [0.25, 0.3) is 0 Å². The molecular formula is C18H29N3O. The lowest BCUT2D eigenvalue weighted by Crippen LogP contribution is -2.63. The summed E-state index contributed by atoms with van der Waals surface area (Å²) in [6.45, 7) is 8.93. The highest BCUT2D eigenvalue weighted by Crippen LogP contribution is 2.30. The summed E-state index contributed by atoms with van der Waals surface area (Å²) in [4.78, 5) is 16.3. The van der Waals surface area contributed by atoms with Crippen molar-refractivity contribution in [3.05, 3.63) is 24.3 Å². The summed E-state index contributed by atoms with van der Waals surface area (Å²) >= 11 is 0. The van der Waals surface area contributed by atoms with Crippen molar-refractivity contribution in [1.29, 1.82) is 0 Å². The van der Waals surface area contributed by atoms with Crippen molar-refractivity contribution in [1.82, 2.24) is 15.1 Å². The number of carbonyl (C=O) groups excluding carboxylic acids is 1. The van der Waals surface area contributed by atoms with Crippen LogP contribution in [-0.2, 0) is 4.79 Å². The molecule has 3 aliphatic rings. The van der Waals surface area contributed by atoms with Gasteiger partial charge in [0.2, 0.25) is 0 Å². The fraction of sp³-hybridized carbons (Fsp3) is 0.722. The molecule has 122 valence electrons. The molecule has 0 saturated carbocycles. The average Bonchev–Trinajstić information content (AvgIpc) is 2.57. The van der Waals surface area contributed by atoms with E-state index >= 15 is 0 Å². The number of nitrogens with zero attached hydrogens (tertiary/aromatic N) is 2. The molecule has 1 N–H and O–H groups in total. The second kappa shape index (κ2) is 7.07. The zero-order chi connectivity index (χ0) is 15.4. The van der Waals surface area contributed by atoms with Crippen molar-refractivity contribution < 1.29 is 4.79 Å². The Morgan fingerprint density at radius 1 is 1.18 bits per heavy atom. The fourth-order valence-corrected chi connectivity index (χ4v) is 4.09. The summed E-state index contributed by atoms with van der Waals surface area (Å²) in [7, 11) is 0. The highest BCUT2D eigenvalue weighted by Gasteiger charge is 2.39. The molecule has 4 heteroatoms. The lowest BCUT2D eigenvalue weighted by molar-refractivity contribution is -0.109. The van der Waals surface area contributed by atoms with E-state index in [2.05, 4.69) is 46.3 Å². The molecule has 0 radical (unpaired) electrons. The Morgan fingerprint density at radius 3 is 2.55 bits per heavy atom. The van der Waals surface area contributed by atoms with Crippen LogP contribution in [0.5, 0.6) is 0 Å². The summed E-state index contributed by atoms with van der Waals surface area (Å²) in [5.74, 6) is -0.0484. The maximum atomic E-state index is 11.1. The molecule has 0 amide bonds. The van der Waals surface area contributed by atoms with Crippen LogP contribution in [0.3, 0.4) is 0 Å². The van der Waals surface area contributed by atoms with E-state index in [0.29, 0.717) is 6.04 Å². The van der Waals surface area contributed by atoms with Gasteiger partial charge in [-0.15, -0.1) is 0 Å². The minimum absolute atomic E-state index is 0.0433. The molecule has 2 heterocycles. The highest BCUT2D eigenvalue weighted by atomic mass is 16.1. The molecule has 0 aromatic carbocycles. The quantitative estimate of drug-likeness (QED) is 0.630. The van der Waals surface area contributed by atoms with E-state index in [9.17, 15) is 4.79 Å². The summed E-state index contributed by atoms with van der Waals surface area (Å²) in [6.07, 6.45) is 13.8. The Morgan fingerprint density at radius 2 is 1.91 bits per heavy atom. The van der Waals surface area contributed by atoms with Gasteiger partial charge in [-0.3, -0.25) is 4.90 Å². The SMILES string of the molecule is CC1CNCCN1C1(CN2CCCCC2)C=CC(C=O)C=C1. The van der Waals surface area contributed by atoms with Gasteiger partial charge in [0.05, 0.1) is 11.5 Å². The lowest BCUT2D eigenvalue weighted by atomic mass is 9.85. The topological polar surface area (TPSA) is 35.6 Å². The molecule has 1 unspecified atom stereocenters. The van der Waals surface area contributed by atoms with E-state index in [1.165, 1.54) is 32.4 Å².